The molecule has 1 aromatic rings. The lowest BCUT2D eigenvalue weighted by atomic mass is 9.62. The summed E-state index contributed by atoms with van der Waals surface area (Å²) in [6.45, 7) is 2.07. The van der Waals surface area contributed by atoms with E-state index in [0.717, 1.165) is 25.2 Å². The quantitative estimate of drug-likeness (QED) is 0.800. The van der Waals surface area contributed by atoms with Crippen LogP contribution < -0.4 is 5.32 Å². The molecule has 4 heteroatoms. The summed E-state index contributed by atoms with van der Waals surface area (Å²) in [5.74, 6) is 1.18. The Morgan fingerprint density at radius 2 is 2.11 bits per heavy atom. The molecule has 3 aliphatic rings. The first-order valence-electron chi connectivity index (χ1n) is 6.96. The summed E-state index contributed by atoms with van der Waals surface area (Å²) in [7, 11) is 0. The number of aromatic nitrogens is 2. The Morgan fingerprint density at radius 3 is 2.84 bits per heavy atom. The molecule has 2 atom stereocenters. The Bertz CT molecular complexity index is 591. The normalized spacial score (nSPS) is 28.7. The van der Waals surface area contributed by atoms with Crippen molar-refractivity contribution >= 4 is 17.7 Å². The van der Waals surface area contributed by atoms with Gasteiger partial charge in [-0.1, -0.05) is 17.7 Å². The third-order valence-electron chi connectivity index (χ3n) is 4.64. The van der Waals surface area contributed by atoms with Crippen LogP contribution >= 0.6 is 11.6 Å². The van der Waals surface area contributed by atoms with Crippen molar-refractivity contribution in [3.63, 3.8) is 0 Å². The predicted octanol–water partition coefficient (Wildman–Crippen LogP) is 2.94. The van der Waals surface area contributed by atoms with Crippen molar-refractivity contribution in [2.45, 2.75) is 25.2 Å². The molecule has 1 aliphatic heterocycles. The number of hydrogen-bond acceptors (Lipinski definition) is 3. The average molecular weight is 274 g/mol. The number of allylic oxidation sites excluding steroid dienone is 1. The summed E-state index contributed by atoms with van der Waals surface area (Å²) < 4.78 is 0. The summed E-state index contributed by atoms with van der Waals surface area (Å²) in [6, 6.07) is 0. The molecule has 2 aliphatic carbocycles. The van der Waals surface area contributed by atoms with Crippen LogP contribution in [0.2, 0.25) is 5.15 Å². The van der Waals surface area contributed by atoms with Gasteiger partial charge in [-0.05, 0) is 54.9 Å². The highest BCUT2D eigenvalue weighted by Gasteiger charge is 2.41. The number of halogens is 1. The Kier molecular flexibility index (Phi) is 2.71. The maximum atomic E-state index is 6.26. The standard InChI is InChI=1S/C15H16ClN3/c16-15-14-11-2-1-10(11)12(7-13(14)18-8-19-15)9-3-5-17-6-4-9/h3,7-8,10-11,17H,1-2,4-6H2. The highest BCUT2D eigenvalue weighted by atomic mass is 35.5. The SMILES string of the molecule is Clc1ncnc2c1C1CCC1C(C1=CCNCC1)=C2. The zero-order valence-electron chi connectivity index (χ0n) is 10.7. The highest BCUT2D eigenvalue weighted by Crippen LogP contribution is 2.54. The molecule has 19 heavy (non-hydrogen) atoms. The van der Waals surface area contributed by atoms with Crippen molar-refractivity contribution in [3.05, 3.63) is 40.0 Å². The second-order valence-corrected chi connectivity index (χ2v) is 5.89. The van der Waals surface area contributed by atoms with E-state index in [4.69, 9.17) is 11.6 Å². The molecular formula is C15H16ClN3. The van der Waals surface area contributed by atoms with Gasteiger partial charge in [0, 0.05) is 12.1 Å². The molecule has 1 saturated carbocycles. The van der Waals surface area contributed by atoms with E-state index in [1.54, 1.807) is 6.33 Å². The van der Waals surface area contributed by atoms with E-state index in [2.05, 4.69) is 27.4 Å². The molecule has 0 spiro atoms. The zero-order chi connectivity index (χ0) is 12.8. The van der Waals surface area contributed by atoms with E-state index in [0.29, 0.717) is 17.0 Å². The molecule has 0 radical (unpaired) electrons. The number of rotatable bonds is 1. The molecule has 98 valence electrons. The summed E-state index contributed by atoms with van der Waals surface area (Å²) in [5, 5.41) is 4.02. The minimum absolute atomic E-state index is 0.541. The van der Waals surface area contributed by atoms with Crippen LogP contribution in [-0.4, -0.2) is 23.1 Å². The molecular weight excluding hydrogens is 258 g/mol. The minimum Gasteiger partial charge on any atom is -0.313 e. The summed E-state index contributed by atoms with van der Waals surface area (Å²) in [4.78, 5) is 8.58. The van der Waals surface area contributed by atoms with Crippen LogP contribution in [0.25, 0.3) is 6.08 Å². The van der Waals surface area contributed by atoms with Crippen molar-refractivity contribution in [2.24, 2.45) is 5.92 Å². The number of hydrogen-bond donors (Lipinski definition) is 1. The van der Waals surface area contributed by atoms with Gasteiger partial charge in [-0.2, -0.15) is 0 Å². The van der Waals surface area contributed by atoms with E-state index >= 15 is 0 Å². The summed E-state index contributed by atoms with van der Waals surface area (Å²) in [5.41, 5.74) is 5.22. The van der Waals surface area contributed by atoms with Crippen LogP contribution in [0.1, 0.15) is 36.4 Å². The Morgan fingerprint density at radius 1 is 1.21 bits per heavy atom. The lowest BCUT2D eigenvalue weighted by Crippen LogP contribution is -2.32. The van der Waals surface area contributed by atoms with Crippen LogP contribution in [0.5, 0.6) is 0 Å². The maximum absolute atomic E-state index is 6.26. The lowest BCUT2D eigenvalue weighted by molar-refractivity contribution is 0.297. The molecule has 2 heterocycles. The molecule has 0 aromatic carbocycles. The first-order valence-corrected chi connectivity index (χ1v) is 7.34. The molecule has 1 N–H and O–H groups in total. The van der Waals surface area contributed by atoms with Gasteiger partial charge in [0.1, 0.15) is 11.5 Å². The van der Waals surface area contributed by atoms with Crippen molar-refractivity contribution in [3.8, 4) is 0 Å². The van der Waals surface area contributed by atoms with E-state index in [1.807, 2.05) is 0 Å². The van der Waals surface area contributed by atoms with Gasteiger partial charge in [0.2, 0.25) is 0 Å². The molecule has 2 unspecified atom stereocenters. The zero-order valence-corrected chi connectivity index (χ0v) is 11.5. The van der Waals surface area contributed by atoms with Crippen molar-refractivity contribution < 1.29 is 0 Å². The average Bonchev–Trinajstić information content (AvgIpc) is 2.40. The van der Waals surface area contributed by atoms with Crippen LogP contribution in [-0.2, 0) is 0 Å². The topological polar surface area (TPSA) is 37.8 Å². The number of nitrogens with one attached hydrogen (secondary N) is 1. The molecule has 1 fully saturated rings. The van der Waals surface area contributed by atoms with Gasteiger partial charge >= 0.3 is 0 Å². The Hall–Kier alpha value is -1.19. The van der Waals surface area contributed by atoms with Gasteiger partial charge in [0.15, 0.2) is 0 Å². The third kappa shape index (κ3) is 1.76. The smallest absolute Gasteiger partial charge is 0.136 e. The molecule has 0 bridgehead atoms. The molecule has 4 rings (SSSR count). The van der Waals surface area contributed by atoms with Crippen LogP contribution in [0, 0.1) is 5.92 Å². The first-order chi connectivity index (χ1) is 9.34. The molecule has 0 amide bonds. The van der Waals surface area contributed by atoms with E-state index in [-0.39, 0.29) is 0 Å². The fraction of sp³-hybridized carbons (Fsp3) is 0.467. The fourth-order valence-electron chi connectivity index (χ4n) is 3.53. The predicted molar refractivity (Wildman–Crippen MR) is 76.1 cm³/mol. The van der Waals surface area contributed by atoms with Crippen molar-refractivity contribution in [1.29, 1.82) is 0 Å². The second kappa shape index (κ2) is 4.43. The van der Waals surface area contributed by atoms with Gasteiger partial charge in [0.25, 0.3) is 0 Å². The monoisotopic (exact) mass is 273 g/mol. The van der Waals surface area contributed by atoms with Crippen LogP contribution in [0.3, 0.4) is 0 Å². The van der Waals surface area contributed by atoms with E-state index in [1.165, 1.54) is 29.6 Å². The second-order valence-electron chi connectivity index (χ2n) is 5.54. The van der Waals surface area contributed by atoms with E-state index < -0.39 is 0 Å². The molecule has 3 nitrogen and oxygen atoms in total. The van der Waals surface area contributed by atoms with Gasteiger partial charge < -0.3 is 5.32 Å². The lowest BCUT2D eigenvalue weighted by Gasteiger charge is -2.43. The first kappa shape index (κ1) is 11.6. The van der Waals surface area contributed by atoms with Gasteiger partial charge in [-0.25, -0.2) is 9.97 Å². The highest BCUT2D eigenvalue weighted by molar-refractivity contribution is 6.30. The summed E-state index contributed by atoms with van der Waals surface area (Å²) >= 11 is 6.26. The minimum atomic E-state index is 0.541. The molecule has 1 aromatic heterocycles. The van der Waals surface area contributed by atoms with Crippen LogP contribution in [0.4, 0.5) is 0 Å². The van der Waals surface area contributed by atoms with Gasteiger partial charge in [0.05, 0.1) is 5.69 Å². The van der Waals surface area contributed by atoms with E-state index in [9.17, 15) is 0 Å². The summed E-state index contributed by atoms with van der Waals surface area (Å²) in [6.07, 6.45) is 9.77. The largest absolute Gasteiger partial charge is 0.313 e. The van der Waals surface area contributed by atoms with Crippen LogP contribution in [0.15, 0.2) is 23.5 Å². The van der Waals surface area contributed by atoms with Crippen molar-refractivity contribution in [2.75, 3.05) is 13.1 Å². The van der Waals surface area contributed by atoms with Crippen molar-refractivity contribution in [1.82, 2.24) is 15.3 Å². The van der Waals surface area contributed by atoms with Gasteiger partial charge in [-0.15, -0.1) is 0 Å². The fourth-order valence-corrected chi connectivity index (χ4v) is 3.81. The Balaban J connectivity index is 1.82. The number of fused-ring (bicyclic) bond motifs is 3. The van der Waals surface area contributed by atoms with Gasteiger partial charge in [-0.3, -0.25) is 0 Å². The Labute approximate surface area is 117 Å². The molecule has 0 saturated heterocycles. The maximum Gasteiger partial charge on any atom is 0.136 e. The number of nitrogens with zero attached hydrogens (tertiary/aromatic N) is 2. The third-order valence-corrected chi connectivity index (χ3v) is 4.94.